The molecule has 2 heterocycles. The molecule has 1 aliphatic heterocycles. The standard InChI is InChI=1S/C6H7N5O2/c12-3-1-2-7-4(5(3)13)6-8-10-11-9-6/h1-2,10-11,13H,(H,7,12)(H,8,9). The molecule has 7 heteroatoms. The lowest BCUT2D eigenvalue weighted by molar-refractivity contribution is 0.465. The van der Waals surface area contributed by atoms with Crippen molar-refractivity contribution in [3.63, 3.8) is 0 Å². The van der Waals surface area contributed by atoms with Gasteiger partial charge in [-0.3, -0.25) is 10.2 Å². The topological polar surface area (TPSA) is 102 Å². The third kappa shape index (κ3) is 1.20. The maximum Gasteiger partial charge on any atom is 0.223 e. The summed E-state index contributed by atoms with van der Waals surface area (Å²) in [5, 5.41) is 13.1. The van der Waals surface area contributed by atoms with E-state index in [9.17, 15) is 9.90 Å². The van der Waals surface area contributed by atoms with Gasteiger partial charge in [-0.1, -0.05) is 0 Å². The molecular formula is C6H7N5O2. The first kappa shape index (κ1) is 7.62. The van der Waals surface area contributed by atoms with E-state index in [1.54, 1.807) is 0 Å². The van der Waals surface area contributed by atoms with Crippen LogP contribution in [0.1, 0.15) is 5.69 Å². The Morgan fingerprint density at radius 1 is 1.46 bits per heavy atom. The average molecular weight is 181 g/mol. The normalized spacial score (nSPS) is 14.6. The molecule has 0 radical (unpaired) electrons. The van der Waals surface area contributed by atoms with Gasteiger partial charge in [0.25, 0.3) is 0 Å². The second-order valence-corrected chi connectivity index (χ2v) is 2.39. The Hall–Kier alpha value is -2.02. The molecule has 0 amide bonds. The molecule has 1 aromatic heterocycles. The molecule has 0 bridgehead atoms. The van der Waals surface area contributed by atoms with Crippen molar-refractivity contribution in [2.45, 2.75) is 0 Å². The van der Waals surface area contributed by atoms with Crippen LogP contribution in [0.3, 0.4) is 0 Å². The molecule has 0 saturated heterocycles. The van der Waals surface area contributed by atoms with Crippen LogP contribution < -0.4 is 21.9 Å². The predicted octanol–water partition coefficient (Wildman–Crippen LogP) is -1.65. The number of rotatable bonds is 1. The van der Waals surface area contributed by atoms with Gasteiger partial charge in [-0.15, -0.1) is 10.6 Å². The Morgan fingerprint density at radius 3 is 3.00 bits per heavy atom. The molecule has 0 aromatic carbocycles. The summed E-state index contributed by atoms with van der Waals surface area (Å²) in [4.78, 5) is 13.7. The van der Waals surface area contributed by atoms with Gasteiger partial charge in [0, 0.05) is 12.3 Å². The number of aromatic nitrogens is 1. The van der Waals surface area contributed by atoms with Crippen LogP contribution in [0.25, 0.3) is 0 Å². The van der Waals surface area contributed by atoms with Crippen LogP contribution in [-0.2, 0) is 0 Å². The Bertz CT molecular complexity index is 410. The first-order chi connectivity index (χ1) is 6.29. The maximum atomic E-state index is 11.0. The van der Waals surface area contributed by atoms with Gasteiger partial charge in [-0.25, -0.2) is 5.53 Å². The summed E-state index contributed by atoms with van der Waals surface area (Å²) in [6.45, 7) is 0. The van der Waals surface area contributed by atoms with E-state index in [4.69, 9.17) is 0 Å². The minimum Gasteiger partial charge on any atom is -0.503 e. The van der Waals surface area contributed by atoms with Crippen LogP contribution in [0.4, 0.5) is 0 Å². The van der Waals surface area contributed by atoms with Crippen LogP contribution in [0.15, 0.2) is 22.2 Å². The van der Waals surface area contributed by atoms with Crippen molar-refractivity contribution in [3.8, 4) is 5.75 Å². The summed E-state index contributed by atoms with van der Waals surface area (Å²) in [7, 11) is 0. The molecule has 1 aromatic rings. The Balaban J connectivity index is 2.51. The summed E-state index contributed by atoms with van der Waals surface area (Å²) in [5.74, 6) is -0.0329. The van der Waals surface area contributed by atoms with Gasteiger partial charge in [-0.2, -0.15) is 0 Å². The number of hydrogen-bond acceptors (Lipinski definition) is 6. The minimum absolute atomic E-state index is 0.241. The molecule has 7 nitrogen and oxygen atoms in total. The van der Waals surface area contributed by atoms with Crippen molar-refractivity contribution in [2.24, 2.45) is 5.10 Å². The van der Waals surface area contributed by atoms with Gasteiger partial charge in [0.15, 0.2) is 11.6 Å². The maximum absolute atomic E-state index is 11.0. The fraction of sp³-hybridized carbons (Fsp3) is 0. The summed E-state index contributed by atoms with van der Waals surface area (Å²) in [6.07, 6.45) is 1.43. The van der Waals surface area contributed by atoms with Gasteiger partial charge in [0.1, 0.15) is 5.69 Å². The van der Waals surface area contributed by atoms with Crippen LogP contribution in [-0.4, -0.2) is 15.9 Å². The minimum atomic E-state index is -0.454. The lowest BCUT2D eigenvalue weighted by Crippen LogP contribution is -2.35. The van der Waals surface area contributed by atoms with Gasteiger partial charge in [-0.05, 0) is 0 Å². The molecule has 1 aliphatic rings. The summed E-state index contributed by atoms with van der Waals surface area (Å²) in [6, 6.07) is 1.23. The molecule has 0 unspecified atom stereocenters. The lowest BCUT2D eigenvalue weighted by Gasteiger charge is -2.01. The van der Waals surface area contributed by atoms with E-state index in [0.29, 0.717) is 5.84 Å². The molecule has 5 N–H and O–H groups in total. The van der Waals surface area contributed by atoms with Gasteiger partial charge in [0.2, 0.25) is 5.43 Å². The highest BCUT2D eigenvalue weighted by Gasteiger charge is 2.14. The van der Waals surface area contributed by atoms with E-state index in [1.807, 2.05) is 0 Å². The molecule has 0 atom stereocenters. The zero-order valence-corrected chi connectivity index (χ0v) is 6.46. The van der Waals surface area contributed by atoms with E-state index in [-0.39, 0.29) is 11.4 Å². The molecule has 0 aliphatic carbocycles. The van der Waals surface area contributed by atoms with Crippen LogP contribution >= 0.6 is 0 Å². The number of aromatic amines is 1. The highest BCUT2D eigenvalue weighted by atomic mass is 16.3. The van der Waals surface area contributed by atoms with E-state index in [1.165, 1.54) is 12.3 Å². The molecule has 0 saturated carbocycles. The highest BCUT2D eigenvalue weighted by molar-refractivity contribution is 5.99. The number of aromatic hydroxyl groups is 1. The molecular weight excluding hydrogens is 174 g/mol. The number of nitrogens with zero attached hydrogens (tertiary/aromatic N) is 1. The van der Waals surface area contributed by atoms with Crippen molar-refractivity contribution in [2.75, 3.05) is 0 Å². The number of pyridine rings is 1. The smallest absolute Gasteiger partial charge is 0.223 e. The second-order valence-electron chi connectivity index (χ2n) is 2.39. The number of hydrazone groups is 1. The molecule has 2 rings (SSSR count). The number of amidine groups is 1. The monoisotopic (exact) mass is 181 g/mol. The Labute approximate surface area is 72.4 Å². The number of hydrazine groups is 2. The number of H-pyrrole nitrogens is 1. The van der Waals surface area contributed by atoms with Crippen LogP contribution in [0, 0.1) is 0 Å². The van der Waals surface area contributed by atoms with Crippen molar-refractivity contribution >= 4 is 5.84 Å². The molecule has 0 spiro atoms. The van der Waals surface area contributed by atoms with E-state index in [2.05, 4.69) is 26.6 Å². The Morgan fingerprint density at radius 2 is 2.31 bits per heavy atom. The summed E-state index contributed by atoms with van der Waals surface area (Å²) in [5.41, 5.74) is 7.28. The largest absolute Gasteiger partial charge is 0.503 e. The van der Waals surface area contributed by atoms with Crippen molar-refractivity contribution < 1.29 is 5.11 Å². The molecule has 68 valence electrons. The lowest BCUT2D eigenvalue weighted by atomic mass is 10.3. The first-order valence-electron chi connectivity index (χ1n) is 3.54. The summed E-state index contributed by atoms with van der Waals surface area (Å²) < 4.78 is 0. The fourth-order valence-electron chi connectivity index (χ4n) is 0.969. The zero-order valence-electron chi connectivity index (χ0n) is 6.46. The third-order valence-electron chi connectivity index (χ3n) is 1.57. The number of nitrogens with one attached hydrogen (secondary N) is 4. The van der Waals surface area contributed by atoms with Crippen LogP contribution in [0.5, 0.6) is 5.75 Å². The van der Waals surface area contributed by atoms with E-state index < -0.39 is 5.43 Å². The van der Waals surface area contributed by atoms with Crippen molar-refractivity contribution in [1.29, 1.82) is 0 Å². The van der Waals surface area contributed by atoms with E-state index >= 15 is 0 Å². The highest BCUT2D eigenvalue weighted by Crippen LogP contribution is 2.07. The van der Waals surface area contributed by atoms with Gasteiger partial charge >= 0.3 is 0 Å². The van der Waals surface area contributed by atoms with Gasteiger partial charge < -0.3 is 10.1 Å². The quantitative estimate of drug-likeness (QED) is 0.357. The average Bonchev–Trinajstić information content (AvgIpc) is 2.62. The number of hydrogen-bond donors (Lipinski definition) is 5. The Kier molecular flexibility index (Phi) is 1.64. The predicted molar refractivity (Wildman–Crippen MR) is 44.7 cm³/mol. The van der Waals surface area contributed by atoms with Gasteiger partial charge in [0.05, 0.1) is 0 Å². The second kappa shape index (κ2) is 2.79. The fourth-order valence-corrected chi connectivity index (χ4v) is 0.969. The van der Waals surface area contributed by atoms with Crippen molar-refractivity contribution in [3.05, 3.63) is 28.2 Å². The first-order valence-corrected chi connectivity index (χ1v) is 3.54. The molecule has 0 fully saturated rings. The molecule has 13 heavy (non-hydrogen) atoms. The van der Waals surface area contributed by atoms with Crippen molar-refractivity contribution in [1.82, 2.24) is 21.5 Å². The zero-order chi connectivity index (χ0) is 9.26. The SMILES string of the molecule is O=c1cc[nH]c(C2=NNNN2)c1O. The summed E-state index contributed by atoms with van der Waals surface area (Å²) >= 11 is 0. The van der Waals surface area contributed by atoms with E-state index in [0.717, 1.165) is 0 Å². The van der Waals surface area contributed by atoms with Crippen LogP contribution in [0.2, 0.25) is 0 Å². The third-order valence-corrected chi connectivity index (χ3v) is 1.57.